The summed E-state index contributed by atoms with van der Waals surface area (Å²) < 4.78 is 25.0. The standard InChI is InChI=1S/C14H9N3O4S/c18-17(19)10-5-7-11(8-6-10)22(20,21)14-9-15-12-3-1-2-4-13(12)16-14/h1-9H. The average Bonchev–Trinajstić information content (AvgIpc) is 2.54. The van der Waals surface area contributed by atoms with Gasteiger partial charge in [0, 0.05) is 12.1 Å². The predicted octanol–water partition coefficient (Wildman–Crippen LogP) is 2.37. The monoisotopic (exact) mass is 315 g/mol. The number of sulfone groups is 1. The van der Waals surface area contributed by atoms with E-state index in [2.05, 4.69) is 9.97 Å². The summed E-state index contributed by atoms with van der Waals surface area (Å²) in [7, 11) is -3.87. The van der Waals surface area contributed by atoms with Gasteiger partial charge in [-0.25, -0.2) is 13.4 Å². The van der Waals surface area contributed by atoms with Gasteiger partial charge in [-0.05, 0) is 24.3 Å². The first-order valence-corrected chi connectivity index (χ1v) is 7.68. The maximum atomic E-state index is 12.5. The first kappa shape index (κ1) is 14.1. The number of nitro benzene ring substituents is 1. The van der Waals surface area contributed by atoms with Crippen LogP contribution >= 0.6 is 0 Å². The van der Waals surface area contributed by atoms with Crippen molar-refractivity contribution in [3.05, 3.63) is 64.8 Å². The molecule has 0 saturated heterocycles. The normalized spacial score (nSPS) is 11.5. The van der Waals surface area contributed by atoms with E-state index in [1.165, 1.54) is 18.3 Å². The molecule has 0 radical (unpaired) electrons. The number of hydrogen-bond donors (Lipinski definition) is 0. The summed E-state index contributed by atoms with van der Waals surface area (Å²) in [6, 6.07) is 11.6. The number of nitro groups is 1. The smallest absolute Gasteiger partial charge is 0.258 e. The fraction of sp³-hybridized carbons (Fsp3) is 0. The summed E-state index contributed by atoms with van der Waals surface area (Å²) in [6.07, 6.45) is 1.18. The van der Waals surface area contributed by atoms with Crippen LogP contribution in [0.5, 0.6) is 0 Å². The molecule has 2 aromatic carbocycles. The third-order valence-electron chi connectivity index (χ3n) is 3.06. The molecule has 22 heavy (non-hydrogen) atoms. The highest BCUT2D eigenvalue weighted by atomic mass is 32.2. The molecule has 0 aliphatic heterocycles. The highest BCUT2D eigenvalue weighted by Gasteiger charge is 2.21. The van der Waals surface area contributed by atoms with Crippen LogP contribution in [0.3, 0.4) is 0 Å². The van der Waals surface area contributed by atoms with E-state index in [0.29, 0.717) is 11.0 Å². The Labute approximate surface area is 125 Å². The van der Waals surface area contributed by atoms with Crippen molar-refractivity contribution in [2.45, 2.75) is 9.92 Å². The third-order valence-corrected chi connectivity index (χ3v) is 4.70. The van der Waals surface area contributed by atoms with Gasteiger partial charge in [-0.3, -0.25) is 15.1 Å². The summed E-state index contributed by atoms with van der Waals surface area (Å²) in [5, 5.41) is 10.4. The molecule has 8 heteroatoms. The largest absolute Gasteiger partial charge is 0.269 e. The van der Waals surface area contributed by atoms with Crippen LogP contribution in [-0.4, -0.2) is 23.3 Å². The van der Waals surface area contributed by atoms with Gasteiger partial charge in [0.2, 0.25) is 9.84 Å². The number of benzene rings is 2. The minimum atomic E-state index is -3.87. The Morgan fingerprint density at radius 1 is 0.955 bits per heavy atom. The lowest BCUT2D eigenvalue weighted by Gasteiger charge is -2.04. The topological polar surface area (TPSA) is 103 Å². The summed E-state index contributed by atoms with van der Waals surface area (Å²) in [5.74, 6) is 0. The molecule has 0 aliphatic rings. The minimum Gasteiger partial charge on any atom is -0.258 e. The molecule has 0 aliphatic carbocycles. The van der Waals surface area contributed by atoms with Gasteiger partial charge in [0.05, 0.1) is 27.0 Å². The lowest BCUT2D eigenvalue weighted by Crippen LogP contribution is -2.05. The predicted molar refractivity (Wildman–Crippen MR) is 78.1 cm³/mol. The van der Waals surface area contributed by atoms with Crippen molar-refractivity contribution in [2.75, 3.05) is 0 Å². The number of non-ortho nitro benzene ring substituents is 1. The van der Waals surface area contributed by atoms with Crippen LogP contribution in [0.25, 0.3) is 11.0 Å². The molecular weight excluding hydrogens is 306 g/mol. The van der Waals surface area contributed by atoms with E-state index in [4.69, 9.17) is 0 Å². The van der Waals surface area contributed by atoms with Gasteiger partial charge in [-0.2, -0.15) is 0 Å². The number of fused-ring (bicyclic) bond motifs is 1. The summed E-state index contributed by atoms with van der Waals surface area (Å²) >= 11 is 0. The average molecular weight is 315 g/mol. The van der Waals surface area contributed by atoms with Crippen LogP contribution < -0.4 is 0 Å². The molecule has 0 bridgehead atoms. The van der Waals surface area contributed by atoms with Crippen LogP contribution in [-0.2, 0) is 9.84 Å². The number of hydrogen-bond acceptors (Lipinski definition) is 6. The Morgan fingerprint density at radius 3 is 2.23 bits per heavy atom. The lowest BCUT2D eigenvalue weighted by molar-refractivity contribution is -0.384. The van der Waals surface area contributed by atoms with E-state index in [1.807, 2.05) is 0 Å². The maximum absolute atomic E-state index is 12.5. The minimum absolute atomic E-state index is 0.0670. The summed E-state index contributed by atoms with van der Waals surface area (Å²) in [5.41, 5.74) is 0.874. The SMILES string of the molecule is O=[N+]([O-])c1ccc(S(=O)(=O)c2cnc3ccccc3n2)cc1. The fourth-order valence-electron chi connectivity index (χ4n) is 1.94. The zero-order valence-electron chi connectivity index (χ0n) is 11.1. The van der Waals surface area contributed by atoms with E-state index in [0.717, 1.165) is 12.1 Å². The van der Waals surface area contributed by atoms with Crippen molar-refractivity contribution in [1.29, 1.82) is 0 Å². The summed E-state index contributed by atoms with van der Waals surface area (Å²) in [4.78, 5) is 18.1. The van der Waals surface area contributed by atoms with Gasteiger partial charge in [-0.1, -0.05) is 12.1 Å². The lowest BCUT2D eigenvalue weighted by atomic mass is 10.3. The van der Waals surface area contributed by atoms with Crippen molar-refractivity contribution in [3.63, 3.8) is 0 Å². The molecule has 0 atom stereocenters. The number of nitrogens with zero attached hydrogens (tertiary/aromatic N) is 3. The first-order chi connectivity index (χ1) is 10.5. The zero-order chi connectivity index (χ0) is 15.7. The molecule has 0 spiro atoms. The van der Waals surface area contributed by atoms with Gasteiger partial charge in [-0.15, -0.1) is 0 Å². The molecule has 3 rings (SSSR count). The van der Waals surface area contributed by atoms with Crippen molar-refractivity contribution in [2.24, 2.45) is 0 Å². The fourth-order valence-corrected chi connectivity index (χ4v) is 3.08. The van der Waals surface area contributed by atoms with Gasteiger partial charge >= 0.3 is 0 Å². The second-order valence-electron chi connectivity index (χ2n) is 4.45. The highest BCUT2D eigenvalue weighted by molar-refractivity contribution is 7.91. The zero-order valence-corrected chi connectivity index (χ0v) is 11.9. The number of rotatable bonds is 3. The van der Waals surface area contributed by atoms with Crippen LogP contribution in [0.15, 0.2) is 64.6 Å². The Hall–Kier alpha value is -2.87. The number of para-hydroxylation sites is 2. The molecule has 3 aromatic rings. The van der Waals surface area contributed by atoms with Crippen LogP contribution in [0.1, 0.15) is 0 Å². The Kier molecular flexibility index (Phi) is 3.30. The second-order valence-corrected chi connectivity index (χ2v) is 6.35. The van der Waals surface area contributed by atoms with E-state index in [1.54, 1.807) is 24.3 Å². The molecular formula is C14H9N3O4S. The Morgan fingerprint density at radius 2 is 1.59 bits per heavy atom. The van der Waals surface area contributed by atoms with E-state index >= 15 is 0 Å². The van der Waals surface area contributed by atoms with Crippen LogP contribution in [0.2, 0.25) is 0 Å². The third kappa shape index (κ3) is 2.40. The molecule has 7 nitrogen and oxygen atoms in total. The van der Waals surface area contributed by atoms with Crippen molar-refractivity contribution in [1.82, 2.24) is 9.97 Å². The molecule has 1 aromatic heterocycles. The Bertz CT molecular complexity index is 969. The highest BCUT2D eigenvalue weighted by Crippen LogP contribution is 2.22. The molecule has 0 fully saturated rings. The van der Waals surface area contributed by atoms with E-state index in [-0.39, 0.29) is 15.6 Å². The van der Waals surface area contributed by atoms with Gasteiger partial charge in [0.1, 0.15) is 0 Å². The molecule has 0 amide bonds. The Balaban J connectivity index is 2.09. The molecule has 1 heterocycles. The molecule has 0 N–H and O–H groups in total. The van der Waals surface area contributed by atoms with Gasteiger partial charge < -0.3 is 0 Å². The second kappa shape index (κ2) is 5.15. The maximum Gasteiger partial charge on any atom is 0.269 e. The first-order valence-electron chi connectivity index (χ1n) is 6.20. The number of aromatic nitrogens is 2. The van der Waals surface area contributed by atoms with E-state index in [9.17, 15) is 18.5 Å². The van der Waals surface area contributed by atoms with Crippen molar-refractivity contribution < 1.29 is 13.3 Å². The van der Waals surface area contributed by atoms with Gasteiger partial charge in [0.15, 0.2) is 5.03 Å². The van der Waals surface area contributed by atoms with Crippen LogP contribution in [0.4, 0.5) is 5.69 Å². The van der Waals surface area contributed by atoms with Crippen molar-refractivity contribution in [3.8, 4) is 0 Å². The van der Waals surface area contributed by atoms with Gasteiger partial charge in [0.25, 0.3) is 5.69 Å². The molecule has 0 saturated carbocycles. The molecule has 110 valence electrons. The molecule has 0 unspecified atom stereocenters. The van der Waals surface area contributed by atoms with Crippen LogP contribution in [0, 0.1) is 10.1 Å². The van der Waals surface area contributed by atoms with Crippen molar-refractivity contribution >= 4 is 26.6 Å². The quantitative estimate of drug-likeness (QED) is 0.543. The summed E-state index contributed by atoms with van der Waals surface area (Å²) in [6.45, 7) is 0. The van der Waals surface area contributed by atoms with E-state index < -0.39 is 14.8 Å².